The van der Waals surface area contributed by atoms with Gasteiger partial charge in [-0.3, -0.25) is 4.98 Å². The fraction of sp³-hybridized carbons (Fsp3) is 0.364. The molecule has 0 aliphatic heterocycles. The monoisotopic (exact) mass is 222 g/mol. The second-order valence-electron chi connectivity index (χ2n) is 4.40. The molecular formula is C11H14N2O3. The van der Waals surface area contributed by atoms with Gasteiger partial charge in [0.2, 0.25) is 0 Å². The molecule has 0 spiro atoms. The van der Waals surface area contributed by atoms with Gasteiger partial charge in [-0.2, -0.15) is 0 Å². The number of fused-ring (bicyclic) bond motifs is 1. The first kappa shape index (κ1) is 10.9. The lowest BCUT2D eigenvalue weighted by Crippen LogP contribution is -2.34. The van der Waals surface area contributed by atoms with Crippen molar-refractivity contribution in [2.75, 3.05) is 0 Å². The predicted octanol–water partition coefficient (Wildman–Crippen LogP) is 0.892. The SMILES string of the molecule is CC(C)(O)C(N)c1ccc2[nH]c(=O)oc2c1. The minimum Gasteiger partial charge on any atom is -0.408 e. The zero-order valence-corrected chi connectivity index (χ0v) is 9.15. The number of nitrogens with one attached hydrogen (secondary N) is 1. The minimum atomic E-state index is -1.02. The standard InChI is InChI=1S/C11H14N2O3/c1-11(2,15)9(12)6-3-4-7-8(5-6)16-10(14)13-7/h3-5,9,15H,12H2,1-2H3,(H,13,14). The van der Waals surface area contributed by atoms with E-state index in [0.29, 0.717) is 11.1 Å². The molecule has 0 aliphatic carbocycles. The number of aromatic nitrogens is 1. The van der Waals surface area contributed by atoms with E-state index in [1.807, 2.05) is 0 Å². The number of aromatic amines is 1. The van der Waals surface area contributed by atoms with E-state index in [4.69, 9.17) is 10.2 Å². The maximum absolute atomic E-state index is 11.0. The Hall–Kier alpha value is -1.59. The van der Waals surface area contributed by atoms with Crippen molar-refractivity contribution in [1.29, 1.82) is 0 Å². The average Bonchev–Trinajstić information content (AvgIpc) is 2.54. The average molecular weight is 222 g/mol. The molecule has 2 rings (SSSR count). The third-order valence-corrected chi connectivity index (χ3v) is 2.57. The van der Waals surface area contributed by atoms with Crippen LogP contribution in [0.15, 0.2) is 27.4 Å². The lowest BCUT2D eigenvalue weighted by molar-refractivity contribution is 0.0517. The normalized spacial score (nSPS) is 14.2. The molecule has 1 unspecified atom stereocenters. The van der Waals surface area contributed by atoms with Crippen LogP contribution in [0.25, 0.3) is 11.1 Å². The second kappa shape index (κ2) is 3.47. The Balaban J connectivity index is 2.50. The molecule has 86 valence electrons. The molecule has 1 heterocycles. The van der Waals surface area contributed by atoms with Crippen molar-refractivity contribution < 1.29 is 9.52 Å². The van der Waals surface area contributed by atoms with Crippen molar-refractivity contribution in [3.63, 3.8) is 0 Å². The first-order valence-corrected chi connectivity index (χ1v) is 4.98. The van der Waals surface area contributed by atoms with E-state index in [1.54, 1.807) is 32.0 Å². The number of oxazole rings is 1. The van der Waals surface area contributed by atoms with Crippen molar-refractivity contribution in [2.24, 2.45) is 5.73 Å². The summed E-state index contributed by atoms with van der Waals surface area (Å²) in [7, 11) is 0. The highest BCUT2D eigenvalue weighted by Gasteiger charge is 2.24. The van der Waals surface area contributed by atoms with Crippen LogP contribution in [0.5, 0.6) is 0 Å². The van der Waals surface area contributed by atoms with E-state index in [1.165, 1.54) is 0 Å². The van der Waals surface area contributed by atoms with E-state index in [0.717, 1.165) is 5.56 Å². The third-order valence-electron chi connectivity index (χ3n) is 2.57. The van der Waals surface area contributed by atoms with Crippen molar-refractivity contribution in [3.8, 4) is 0 Å². The summed E-state index contributed by atoms with van der Waals surface area (Å²) in [5.41, 5.74) is 6.66. The van der Waals surface area contributed by atoms with Crippen LogP contribution in [0.2, 0.25) is 0 Å². The van der Waals surface area contributed by atoms with Crippen LogP contribution >= 0.6 is 0 Å². The Morgan fingerprint density at radius 3 is 2.81 bits per heavy atom. The number of hydrogen-bond acceptors (Lipinski definition) is 4. The molecule has 5 nitrogen and oxygen atoms in total. The van der Waals surface area contributed by atoms with Crippen LogP contribution in [-0.4, -0.2) is 15.7 Å². The van der Waals surface area contributed by atoms with Crippen LogP contribution in [-0.2, 0) is 0 Å². The summed E-state index contributed by atoms with van der Waals surface area (Å²) < 4.78 is 4.92. The largest absolute Gasteiger partial charge is 0.417 e. The van der Waals surface area contributed by atoms with Gasteiger partial charge in [-0.25, -0.2) is 4.79 Å². The van der Waals surface area contributed by atoms with E-state index in [9.17, 15) is 9.90 Å². The molecule has 2 aromatic rings. The summed E-state index contributed by atoms with van der Waals surface area (Å²) >= 11 is 0. The Kier molecular flexibility index (Phi) is 2.36. The molecular weight excluding hydrogens is 208 g/mol. The lowest BCUT2D eigenvalue weighted by atomic mass is 9.93. The topological polar surface area (TPSA) is 92.2 Å². The third kappa shape index (κ3) is 1.87. The van der Waals surface area contributed by atoms with Gasteiger partial charge in [-0.1, -0.05) is 6.07 Å². The molecule has 4 N–H and O–H groups in total. The zero-order valence-electron chi connectivity index (χ0n) is 9.15. The van der Waals surface area contributed by atoms with Gasteiger partial charge in [-0.15, -0.1) is 0 Å². The number of H-pyrrole nitrogens is 1. The van der Waals surface area contributed by atoms with Gasteiger partial charge in [-0.05, 0) is 31.5 Å². The number of aliphatic hydroxyl groups is 1. The van der Waals surface area contributed by atoms with Crippen LogP contribution in [0.1, 0.15) is 25.5 Å². The molecule has 0 saturated heterocycles. The van der Waals surface area contributed by atoms with Gasteiger partial charge < -0.3 is 15.3 Å². The summed E-state index contributed by atoms with van der Waals surface area (Å²) in [5, 5.41) is 9.79. The van der Waals surface area contributed by atoms with Gasteiger partial charge in [0.1, 0.15) is 0 Å². The maximum Gasteiger partial charge on any atom is 0.417 e. The summed E-state index contributed by atoms with van der Waals surface area (Å²) in [6.07, 6.45) is 0. The molecule has 5 heteroatoms. The first-order chi connectivity index (χ1) is 7.38. The van der Waals surface area contributed by atoms with Gasteiger partial charge in [0.15, 0.2) is 5.58 Å². The summed E-state index contributed by atoms with van der Waals surface area (Å²) in [5.74, 6) is -0.496. The molecule has 0 radical (unpaired) electrons. The fourth-order valence-electron chi connectivity index (χ4n) is 1.56. The number of benzene rings is 1. The van der Waals surface area contributed by atoms with Crippen molar-refractivity contribution >= 4 is 11.1 Å². The quantitative estimate of drug-likeness (QED) is 0.703. The Morgan fingerprint density at radius 2 is 2.19 bits per heavy atom. The van der Waals surface area contributed by atoms with Gasteiger partial charge in [0.25, 0.3) is 0 Å². The molecule has 0 bridgehead atoms. The number of nitrogens with two attached hydrogens (primary N) is 1. The molecule has 1 atom stereocenters. The van der Waals surface area contributed by atoms with Gasteiger partial charge >= 0.3 is 5.76 Å². The van der Waals surface area contributed by atoms with Crippen LogP contribution in [0, 0.1) is 0 Å². The van der Waals surface area contributed by atoms with Crippen LogP contribution < -0.4 is 11.5 Å². The molecule has 0 amide bonds. The van der Waals surface area contributed by atoms with Crippen molar-refractivity contribution in [2.45, 2.75) is 25.5 Å². The van der Waals surface area contributed by atoms with Crippen LogP contribution in [0.4, 0.5) is 0 Å². The first-order valence-electron chi connectivity index (χ1n) is 4.98. The van der Waals surface area contributed by atoms with E-state index in [2.05, 4.69) is 4.98 Å². The highest BCUT2D eigenvalue weighted by Crippen LogP contribution is 2.24. The zero-order chi connectivity index (χ0) is 11.9. The number of rotatable bonds is 2. The maximum atomic E-state index is 11.0. The van der Waals surface area contributed by atoms with E-state index >= 15 is 0 Å². The Bertz CT molecular complexity index is 562. The predicted molar refractivity (Wildman–Crippen MR) is 60.1 cm³/mol. The van der Waals surface area contributed by atoms with E-state index < -0.39 is 17.4 Å². The molecule has 16 heavy (non-hydrogen) atoms. The molecule has 0 aliphatic rings. The van der Waals surface area contributed by atoms with E-state index in [-0.39, 0.29) is 0 Å². The Labute approximate surface area is 91.9 Å². The number of hydrogen-bond donors (Lipinski definition) is 3. The molecule has 0 fully saturated rings. The highest BCUT2D eigenvalue weighted by molar-refractivity contribution is 5.72. The minimum absolute atomic E-state index is 0.446. The van der Waals surface area contributed by atoms with Gasteiger partial charge in [0.05, 0.1) is 17.2 Å². The smallest absolute Gasteiger partial charge is 0.408 e. The Morgan fingerprint density at radius 1 is 1.50 bits per heavy atom. The summed E-state index contributed by atoms with van der Waals surface area (Å²) in [6.45, 7) is 3.27. The highest BCUT2D eigenvalue weighted by atomic mass is 16.4. The van der Waals surface area contributed by atoms with Crippen molar-refractivity contribution in [1.82, 2.24) is 4.98 Å². The van der Waals surface area contributed by atoms with Crippen molar-refractivity contribution in [3.05, 3.63) is 34.3 Å². The molecule has 1 aromatic carbocycles. The molecule has 0 saturated carbocycles. The summed E-state index contributed by atoms with van der Waals surface area (Å²) in [6, 6.07) is 4.60. The lowest BCUT2D eigenvalue weighted by Gasteiger charge is -2.25. The second-order valence-corrected chi connectivity index (χ2v) is 4.40. The van der Waals surface area contributed by atoms with Crippen LogP contribution in [0.3, 0.4) is 0 Å². The molecule has 1 aromatic heterocycles. The fourth-order valence-corrected chi connectivity index (χ4v) is 1.56. The van der Waals surface area contributed by atoms with Gasteiger partial charge in [0, 0.05) is 0 Å². The summed E-state index contributed by atoms with van der Waals surface area (Å²) in [4.78, 5) is 13.5.